The maximum atomic E-state index is 14.0. The summed E-state index contributed by atoms with van der Waals surface area (Å²) in [6.45, 7) is 0. The Labute approximate surface area is 124 Å². The van der Waals surface area contributed by atoms with Crippen LogP contribution in [0.3, 0.4) is 0 Å². The first-order valence-electron chi connectivity index (χ1n) is 6.23. The van der Waals surface area contributed by atoms with Gasteiger partial charge in [0.05, 0.1) is 11.1 Å². The molecule has 0 aliphatic rings. The largest absolute Gasteiger partial charge is 0.475 e. The Morgan fingerprint density at radius 2 is 2.23 bits per heavy atom. The normalized spacial score (nSPS) is 10.4. The van der Waals surface area contributed by atoms with Crippen LogP contribution in [0.5, 0.6) is 0 Å². The van der Waals surface area contributed by atoms with Gasteiger partial charge in [0.2, 0.25) is 5.76 Å². The average Bonchev–Trinajstić information content (AvgIpc) is 2.88. The van der Waals surface area contributed by atoms with Crippen LogP contribution >= 0.6 is 0 Å². The van der Waals surface area contributed by atoms with E-state index in [1.54, 1.807) is 6.07 Å². The number of terminal acetylenes is 1. The van der Waals surface area contributed by atoms with E-state index in [2.05, 4.69) is 16.2 Å². The highest BCUT2D eigenvalue weighted by Gasteiger charge is 2.21. The first-order valence-corrected chi connectivity index (χ1v) is 6.23. The molecule has 2 heterocycles. The number of halogens is 1. The number of aromatic nitrogens is 1. The molecule has 2 N–H and O–H groups in total. The number of carboxylic acids is 1. The van der Waals surface area contributed by atoms with Crippen LogP contribution in [0.15, 0.2) is 41.1 Å². The van der Waals surface area contributed by atoms with Crippen molar-refractivity contribution < 1.29 is 18.7 Å². The third-order valence-electron chi connectivity index (χ3n) is 3.08. The number of pyridine rings is 1. The van der Waals surface area contributed by atoms with Crippen LogP contribution in [0.2, 0.25) is 0 Å². The number of furan rings is 1. The second kappa shape index (κ2) is 5.22. The Hall–Kier alpha value is -3.33. The zero-order valence-corrected chi connectivity index (χ0v) is 11.1. The minimum absolute atomic E-state index is 0.0908. The third kappa shape index (κ3) is 2.25. The van der Waals surface area contributed by atoms with Gasteiger partial charge < -0.3 is 14.8 Å². The number of hydrogen-bond donors (Lipinski definition) is 2. The lowest BCUT2D eigenvalue weighted by atomic mass is 10.2. The van der Waals surface area contributed by atoms with Gasteiger partial charge in [0.25, 0.3) is 0 Å². The molecular weight excluding hydrogens is 287 g/mol. The second-order valence-corrected chi connectivity index (χ2v) is 4.45. The number of hydrogen-bond acceptors (Lipinski definition) is 4. The minimum atomic E-state index is -1.26. The highest BCUT2D eigenvalue weighted by Crippen LogP contribution is 2.33. The number of carboxylic acid groups (broad SMARTS) is 1. The number of aromatic carboxylic acids is 1. The molecule has 1 aromatic carbocycles. The van der Waals surface area contributed by atoms with Gasteiger partial charge in [-0.15, -0.1) is 6.42 Å². The van der Waals surface area contributed by atoms with Crippen molar-refractivity contribution >= 4 is 28.3 Å². The van der Waals surface area contributed by atoms with E-state index < -0.39 is 11.8 Å². The van der Waals surface area contributed by atoms with Crippen LogP contribution in [-0.2, 0) is 0 Å². The topological polar surface area (TPSA) is 75.4 Å². The Kier molecular flexibility index (Phi) is 3.24. The molecule has 0 amide bonds. The Balaban J connectivity index is 2.12. The van der Waals surface area contributed by atoms with Crippen LogP contribution < -0.4 is 5.32 Å². The van der Waals surface area contributed by atoms with Gasteiger partial charge in [-0.05, 0) is 24.3 Å². The number of rotatable bonds is 3. The summed E-state index contributed by atoms with van der Waals surface area (Å²) in [7, 11) is 0. The van der Waals surface area contributed by atoms with Crippen molar-refractivity contribution in [3.63, 3.8) is 0 Å². The van der Waals surface area contributed by atoms with Gasteiger partial charge in [-0.2, -0.15) is 0 Å². The molecule has 0 fully saturated rings. The Morgan fingerprint density at radius 1 is 1.41 bits per heavy atom. The number of nitrogens with one attached hydrogen (secondary N) is 1. The molecule has 6 heteroatoms. The molecule has 0 atom stereocenters. The van der Waals surface area contributed by atoms with Gasteiger partial charge in [0, 0.05) is 18.0 Å². The molecule has 5 nitrogen and oxygen atoms in total. The molecule has 22 heavy (non-hydrogen) atoms. The van der Waals surface area contributed by atoms with E-state index in [4.69, 9.17) is 10.8 Å². The molecule has 0 spiro atoms. The zero-order chi connectivity index (χ0) is 15.7. The highest BCUT2D eigenvalue weighted by molar-refractivity contribution is 6.04. The zero-order valence-electron chi connectivity index (χ0n) is 11.1. The summed E-state index contributed by atoms with van der Waals surface area (Å²) < 4.78 is 19.3. The summed E-state index contributed by atoms with van der Waals surface area (Å²) >= 11 is 0. The number of anilines is 2. The third-order valence-corrected chi connectivity index (χ3v) is 3.08. The molecule has 0 aliphatic carbocycles. The molecule has 0 aliphatic heterocycles. The second-order valence-electron chi connectivity index (χ2n) is 4.45. The molecule has 0 unspecified atom stereocenters. The summed E-state index contributed by atoms with van der Waals surface area (Å²) in [6, 6.07) is 5.70. The minimum Gasteiger partial charge on any atom is -0.475 e. The Bertz CT molecular complexity index is 925. The summed E-state index contributed by atoms with van der Waals surface area (Å²) in [5.41, 5.74) is 0.965. The standard InChI is InChI=1S/C16H9FN2O3/c1-2-9-3-4-12(11(17)7-9)19-14-10-8-18-6-5-13(10)22-15(14)16(20)21/h1,3-8,19H,(H,20,21). The van der Waals surface area contributed by atoms with Gasteiger partial charge in [0.15, 0.2) is 0 Å². The van der Waals surface area contributed by atoms with Crippen LogP contribution in [0, 0.1) is 18.2 Å². The van der Waals surface area contributed by atoms with E-state index in [9.17, 15) is 14.3 Å². The number of carbonyl (C=O) groups is 1. The molecule has 108 valence electrons. The van der Waals surface area contributed by atoms with Crippen molar-refractivity contribution in [3.05, 3.63) is 53.8 Å². The van der Waals surface area contributed by atoms with Gasteiger partial charge in [-0.3, -0.25) is 4.98 Å². The summed E-state index contributed by atoms with van der Waals surface area (Å²) in [5, 5.41) is 12.4. The van der Waals surface area contributed by atoms with Gasteiger partial charge in [-0.1, -0.05) is 5.92 Å². The number of benzene rings is 1. The van der Waals surface area contributed by atoms with E-state index in [1.807, 2.05) is 0 Å². The van der Waals surface area contributed by atoms with E-state index in [-0.39, 0.29) is 17.1 Å². The predicted molar refractivity (Wildman–Crippen MR) is 78.6 cm³/mol. The summed E-state index contributed by atoms with van der Waals surface area (Å²) in [6.07, 6.45) is 8.13. The molecule has 3 rings (SSSR count). The molecule has 0 radical (unpaired) electrons. The van der Waals surface area contributed by atoms with Gasteiger partial charge in [0.1, 0.15) is 17.1 Å². The van der Waals surface area contributed by atoms with E-state index in [0.29, 0.717) is 16.5 Å². The first-order chi connectivity index (χ1) is 10.6. The quantitative estimate of drug-likeness (QED) is 0.725. The Morgan fingerprint density at radius 3 is 2.91 bits per heavy atom. The maximum Gasteiger partial charge on any atom is 0.374 e. The SMILES string of the molecule is C#Cc1ccc(Nc2c(C(=O)O)oc3ccncc23)c(F)c1. The smallest absolute Gasteiger partial charge is 0.374 e. The first kappa shape index (κ1) is 13.6. The molecule has 0 saturated carbocycles. The molecule has 0 bridgehead atoms. The van der Waals surface area contributed by atoms with Crippen molar-refractivity contribution in [2.75, 3.05) is 5.32 Å². The van der Waals surface area contributed by atoms with E-state index in [1.165, 1.54) is 30.6 Å². The monoisotopic (exact) mass is 296 g/mol. The van der Waals surface area contributed by atoms with E-state index in [0.717, 1.165) is 0 Å². The molecule has 3 aromatic rings. The van der Waals surface area contributed by atoms with Crippen molar-refractivity contribution in [1.82, 2.24) is 4.98 Å². The number of nitrogens with zero attached hydrogens (tertiary/aromatic N) is 1. The van der Waals surface area contributed by atoms with Gasteiger partial charge >= 0.3 is 5.97 Å². The van der Waals surface area contributed by atoms with Crippen LogP contribution in [0.4, 0.5) is 15.8 Å². The van der Waals surface area contributed by atoms with Crippen LogP contribution in [0.25, 0.3) is 11.0 Å². The van der Waals surface area contributed by atoms with Crippen LogP contribution in [0.1, 0.15) is 16.1 Å². The number of fused-ring (bicyclic) bond motifs is 1. The maximum absolute atomic E-state index is 14.0. The summed E-state index contributed by atoms with van der Waals surface area (Å²) in [4.78, 5) is 15.2. The molecular formula is C16H9FN2O3. The average molecular weight is 296 g/mol. The fourth-order valence-corrected chi connectivity index (χ4v) is 2.06. The van der Waals surface area contributed by atoms with Gasteiger partial charge in [-0.25, -0.2) is 9.18 Å². The molecule has 2 aromatic heterocycles. The predicted octanol–water partition coefficient (Wildman–Crippen LogP) is 3.39. The fourth-order valence-electron chi connectivity index (χ4n) is 2.06. The summed E-state index contributed by atoms with van der Waals surface area (Å²) in [5.74, 6) is 0.149. The lowest BCUT2D eigenvalue weighted by Crippen LogP contribution is -2.01. The van der Waals surface area contributed by atoms with Crippen LogP contribution in [-0.4, -0.2) is 16.1 Å². The van der Waals surface area contributed by atoms with Crippen molar-refractivity contribution in [3.8, 4) is 12.3 Å². The van der Waals surface area contributed by atoms with Crippen molar-refractivity contribution in [1.29, 1.82) is 0 Å². The lowest BCUT2D eigenvalue weighted by Gasteiger charge is -2.07. The lowest BCUT2D eigenvalue weighted by molar-refractivity contribution is 0.0666. The fraction of sp³-hybridized carbons (Fsp3) is 0. The van der Waals surface area contributed by atoms with Crippen molar-refractivity contribution in [2.45, 2.75) is 0 Å². The molecule has 0 saturated heterocycles. The highest BCUT2D eigenvalue weighted by atomic mass is 19.1. The van der Waals surface area contributed by atoms with E-state index >= 15 is 0 Å². The van der Waals surface area contributed by atoms with Crippen molar-refractivity contribution in [2.24, 2.45) is 0 Å².